The van der Waals surface area contributed by atoms with Crippen LogP contribution in [-0.2, 0) is 5.67 Å². The molecule has 1 saturated carbocycles. The van der Waals surface area contributed by atoms with Crippen molar-refractivity contribution in [2.24, 2.45) is 9.98 Å². The SMILES string of the molecule is C=C/C(F)=C(/N=C(/C)N=C)C(=C/N(C)C1(C)CC1)\C(C)c1cccc(C(C)(F)CCCCCC)c1. The number of hydrogen-bond donors (Lipinski definition) is 0. The number of aliphatic imine (C=N–C) groups is 2. The molecule has 3 nitrogen and oxygen atoms in total. The Kier molecular flexibility index (Phi) is 10.2. The molecule has 192 valence electrons. The van der Waals surface area contributed by atoms with E-state index in [1.165, 1.54) is 6.08 Å². The molecule has 5 heteroatoms. The molecule has 1 aromatic rings. The summed E-state index contributed by atoms with van der Waals surface area (Å²) in [4.78, 5) is 10.4. The van der Waals surface area contributed by atoms with Crippen molar-refractivity contribution in [3.8, 4) is 0 Å². The second kappa shape index (κ2) is 12.4. The number of rotatable bonds is 13. The van der Waals surface area contributed by atoms with E-state index in [2.05, 4.69) is 42.0 Å². The summed E-state index contributed by atoms with van der Waals surface area (Å²) in [6.07, 6.45) is 9.92. The molecule has 2 atom stereocenters. The van der Waals surface area contributed by atoms with Crippen molar-refractivity contribution in [3.63, 3.8) is 0 Å². The van der Waals surface area contributed by atoms with Crippen LogP contribution in [0.25, 0.3) is 0 Å². The van der Waals surface area contributed by atoms with Crippen LogP contribution in [0, 0.1) is 0 Å². The van der Waals surface area contributed by atoms with Crippen LogP contribution in [0.15, 0.2) is 70.2 Å². The van der Waals surface area contributed by atoms with Gasteiger partial charge in [-0.05, 0) is 70.4 Å². The number of allylic oxidation sites excluding steroid dienone is 3. The Labute approximate surface area is 211 Å². The molecule has 2 unspecified atom stereocenters. The maximum Gasteiger partial charge on any atom is 0.148 e. The Morgan fingerprint density at radius 1 is 1.29 bits per heavy atom. The van der Waals surface area contributed by atoms with E-state index in [0.717, 1.165) is 44.1 Å². The number of hydrogen-bond acceptors (Lipinski definition) is 2. The minimum Gasteiger partial charge on any atom is -0.375 e. The van der Waals surface area contributed by atoms with Gasteiger partial charge >= 0.3 is 0 Å². The van der Waals surface area contributed by atoms with Gasteiger partial charge in [-0.2, -0.15) is 0 Å². The first kappa shape index (κ1) is 28.7. The Morgan fingerprint density at radius 3 is 2.54 bits per heavy atom. The molecule has 0 heterocycles. The molecular formula is C30H43F2N3. The minimum atomic E-state index is -1.42. The molecule has 0 aromatic heterocycles. The number of amidine groups is 1. The van der Waals surface area contributed by atoms with Crippen molar-refractivity contribution >= 4 is 12.6 Å². The molecule has 0 aliphatic heterocycles. The third-order valence-electron chi connectivity index (χ3n) is 7.29. The van der Waals surface area contributed by atoms with Crippen molar-refractivity contribution in [3.05, 3.63) is 71.3 Å². The molecule has 1 fully saturated rings. The van der Waals surface area contributed by atoms with Crippen LogP contribution >= 0.6 is 0 Å². The van der Waals surface area contributed by atoms with Crippen LogP contribution in [0.1, 0.15) is 96.6 Å². The molecule has 0 spiro atoms. The summed E-state index contributed by atoms with van der Waals surface area (Å²) in [6, 6.07) is 7.63. The van der Waals surface area contributed by atoms with Gasteiger partial charge < -0.3 is 4.90 Å². The number of benzene rings is 1. The number of alkyl halides is 1. The highest BCUT2D eigenvalue weighted by atomic mass is 19.1. The lowest BCUT2D eigenvalue weighted by molar-refractivity contribution is 0.171. The summed E-state index contributed by atoms with van der Waals surface area (Å²) in [5.41, 5.74) is 1.08. The standard InChI is InChI=1S/C30H43F2N3/c1-9-11-12-13-17-30(6,32)25-16-14-15-24(20-25)22(3)26(21-35(8)29(5)18-19-29)28(27(31)10-2)34-23(4)33-7/h10,14-16,20-22H,2,7,9,11-13,17-19H2,1,3-6,8H3/b26-21-,28-27-,34-23-. The number of unbranched alkanes of at least 4 members (excludes halogenated alkanes) is 3. The Morgan fingerprint density at radius 2 is 1.97 bits per heavy atom. The first-order valence-corrected chi connectivity index (χ1v) is 12.8. The van der Waals surface area contributed by atoms with Gasteiger partial charge in [-0.15, -0.1) is 0 Å². The van der Waals surface area contributed by atoms with E-state index in [-0.39, 0.29) is 17.2 Å². The average Bonchev–Trinajstić information content (AvgIpc) is 3.61. The topological polar surface area (TPSA) is 28.0 Å². The van der Waals surface area contributed by atoms with Crippen LogP contribution in [0.2, 0.25) is 0 Å². The Balaban J connectivity index is 2.52. The van der Waals surface area contributed by atoms with Gasteiger partial charge in [0.2, 0.25) is 0 Å². The highest BCUT2D eigenvalue weighted by Gasteiger charge is 2.40. The molecule has 0 radical (unpaired) electrons. The molecule has 0 bridgehead atoms. The van der Waals surface area contributed by atoms with Crippen molar-refractivity contribution in [2.75, 3.05) is 7.05 Å². The average molecular weight is 484 g/mol. The van der Waals surface area contributed by atoms with Crippen LogP contribution in [0.5, 0.6) is 0 Å². The quantitative estimate of drug-likeness (QED) is 0.119. The van der Waals surface area contributed by atoms with E-state index in [0.29, 0.717) is 23.4 Å². The van der Waals surface area contributed by atoms with Crippen LogP contribution in [-0.4, -0.2) is 30.0 Å². The molecule has 2 rings (SSSR count). The predicted octanol–water partition coefficient (Wildman–Crippen LogP) is 8.80. The molecule has 35 heavy (non-hydrogen) atoms. The minimum absolute atomic E-state index is 0.0496. The van der Waals surface area contributed by atoms with Crippen LogP contribution < -0.4 is 0 Å². The zero-order chi connectivity index (χ0) is 26.2. The van der Waals surface area contributed by atoms with Gasteiger partial charge in [0.15, 0.2) is 0 Å². The van der Waals surface area contributed by atoms with Gasteiger partial charge in [0.05, 0.1) is 0 Å². The lowest BCUT2D eigenvalue weighted by Crippen LogP contribution is -2.26. The summed E-state index contributed by atoms with van der Waals surface area (Å²) in [6.45, 7) is 16.8. The van der Waals surface area contributed by atoms with Gasteiger partial charge in [-0.25, -0.2) is 18.8 Å². The summed E-state index contributed by atoms with van der Waals surface area (Å²) in [5, 5.41) is 0. The second-order valence-electron chi connectivity index (χ2n) is 10.3. The fourth-order valence-electron chi connectivity index (χ4n) is 4.17. The maximum absolute atomic E-state index is 15.7. The van der Waals surface area contributed by atoms with E-state index >= 15 is 8.78 Å². The van der Waals surface area contributed by atoms with Crippen molar-refractivity contribution < 1.29 is 8.78 Å². The third kappa shape index (κ3) is 7.71. The zero-order valence-corrected chi connectivity index (χ0v) is 22.5. The zero-order valence-electron chi connectivity index (χ0n) is 22.5. The summed E-state index contributed by atoms with van der Waals surface area (Å²) in [5.74, 6) is -0.395. The first-order chi connectivity index (χ1) is 16.5. The fourth-order valence-corrected chi connectivity index (χ4v) is 4.17. The van der Waals surface area contributed by atoms with Crippen molar-refractivity contribution in [2.45, 2.75) is 96.7 Å². The normalized spacial score (nSPS) is 18.9. The lowest BCUT2D eigenvalue weighted by atomic mass is 9.85. The maximum atomic E-state index is 15.7. The molecule has 0 N–H and O–H groups in total. The summed E-state index contributed by atoms with van der Waals surface area (Å²) in [7, 11) is 2.01. The van der Waals surface area contributed by atoms with Gasteiger partial charge in [0.25, 0.3) is 0 Å². The fraction of sp³-hybridized carbons (Fsp3) is 0.533. The second-order valence-corrected chi connectivity index (χ2v) is 10.3. The summed E-state index contributed by atoms with van der Waals surface area (Å²) < 4.78 is 30.8. The number of nitrogens with zero attached hydrogens (tertiary/aromatic N) is 3. The van der Waals surface area contributed by atoms with Gasteiger partial charge in [-0.1, -0.05) is 64.0 Å². The van der Waals surface area contributed by atoms with E-state index in [4.69, 9.17) is 0 Å². The third-order valence-corrected chi connectivity index (χ3v) is 7.29. The van der Waals surface area contributed by atoms with Gasteiger partial charge in [0.1, 0.15) is 23.0 Å². The van der Waals surface area contributed by atoms with Crippen molar-refractivity contribution in [1.29, 1.82) is 0 Å². The first-order valence-electron chi connectivity index (χ1n) is 12.8. The molecule has 1 aliphatic rings. The molecule has 1 aliphatic carbocycles. The molecule has 0 amide bonds. The van der Waals surface area contributed by atoms with E-state index in [1.54, 1.807) is 13.8 Å². The largest absolute Gasteiger partial charge is 0.375 e. The van der Waals surface area contributed by atoms with Crippen LogP contribution in [0.3, 0.4) is 0 Å². The van der Waals surface area contributed by atoms with E-state index in [9.17, 15) is 0 Å². The smallest absolute Gasteiger partial charge is 0.148 e. The predicted molar refractivity (Wildman–Crippen MR) is 147 cm³/mol. The van der Waals surface area contributed by atoms with E-state index in [1.807, 2.05) is 44.4 Å². The molecule has 0 saturated heterocycles. The highest BCUT2D eigenvalue weighted by Crippen LogP contribution is 2.43. The monoisotopic (exact) mass is 483 g/mol. The van der Waals surface area contributed by atoms with E-state index < -0.39 is 11.5 Å². The lowest BCUT2D eigenvalue weighted by Gasteiger charge is -2.27. The molecular weight excluding hydrogens is 440 g/mol. The van der Waals surface area contributed by atoms with Gasteiger partial charge in [0, 0.05) is 30.3 Å². The number of halogens is 2. The van der Waals surface area contributed by atoms with Crippen LogP contribution in [0.4, 0.5) is 8.78 Å². The summed E-state index contributed by atoms with van der Waals surface area (Å²) >= 11 is 0. The Hall–Kier alpha value is -2.56. The highest BCUT2D eigenvalue weighted by molar-refractivity contribution is 5.85. The Bertz CT molecular complexity index is 983. The molecule has 1 aromatic carbocycles. The van der Waals surface area contributed by atoms with Gasteiger partial charge in [-0.3, -0.25) is 0 Å². The van der Waals surface area contributed by atoms with Crippen molar-refractivity contribution in [1.82, 2.24) is 4.90 Å².